The Balaban J connectivity index is 0. The standard InChI is InChI=1S/C14H28O2.C4H8N2O3/c1-13(2)11-9-7-5-3-4-6-8-10-12-14(15)16;5-2(4(8)9)1-3(6)7/h13H,3-12H2,1-2H3,(H,15,16);2H,1,5H2,(H2,6,7)(H,8,9). The van der Waals surface area contributed by atoms with E-state index in [0.29, 0.717) is 6.42 Å². The van der Waals surface area contributed by atoms with Gasteiger partial charge in [-0.25, -0.2) is 0 Å². The summed E-state index contributed by atoms with van der Waals surface area (Å²) >= 11 is 0. The number of amides is 1. The molecule has 1 atom stereocenters. The van der Waals surface area contributed by atoms with Crippen molar-refractivity contribution in [2.24, 2.45) is 17.4 Å². The Morgan fingerprint density at radius 1 is 0.840 bits per heavy atom. The molecule has 0 saturated carbocycles. The summed E-state index contributed by atoms with van der Waals surface area (Å²) in [5, 5.41) is 16.6. The van der Waals surface area contributed by atoms with Crippen LogP contribution in [-0.2, 0) is 14.4 Å². The molecule has 0 rings (SSSR count). The average Bonchev–Trinajstić information content (AvgIpc) is 2.48. The minimum atomic E-state index is -1.21. The Labute approximate surface area is 151 Å². The van der Waals surface area contributed by atoms with Crippen LogP contribution >= 0.6 is 0 Å². The zero-order chi connectivity index (χ0) is 19.7. The van der Waals surface area contributed by atoms with Crippen molar-refractivity contribution in [2.75, 3.05) is 0 Å². The fraction of sp³-hybridized carbons (Fsp3) is 0.833. The van der Waals surface area contributed by atoms with Crippen LogP contribution in [0.2, 0.25) is 0 Å². The predicted molar refractivity (Wildman–Crippen MR) is 98.1 cm³/mol. The van der Waals surface area contributed by atoms with Crippen molar-refractivity contribution >= 4 is 17.8 Å². The van der Waals surface area contributed by atoms with Gasteiger partial charge in [-0.05, 0) is 12.3 Å². The maximum Gasteiger partial charge on any atom is 0.321 e. The Hall–Kier alpha value is -1.63. The molecule has 0 saturated heterocycles. The molecule has 0 aromatic rings. The summed E-state index contributed by atoms with van der Waals surface area (Å²) in [7, 11) is 0. The number of nitrogens with two attached hydrogens (primary N) is 2. The number of carboxylic acid groups (broad SMARTS) is 2. The van der Waals surface area contributed by atoms with Gasteiger partial charge < -0.3 is 21.7 Å². The van der Waals surface area contributed by atoms with Crippen LogP contribution in [0.4, 0.5) is 0 Å². The van der Waals surface area contributed by atoms with Gasteiger partial charge in [-0.15, -0.1) is 0 Å². The molecule has 0 aliphatic rings. The average molecular weight is 360 g/mol. The second-order valence-electron chi connectivity index (χ2n) is 6.77. The minimum Gasteiger partial charge on any atom is -0.481 e. The number of carbonyl (C=O) groups is 3. The van der Waals surface area contributed by atoms with Crippen molar-refractivity contribution in [3.8, 4) is 0 Å². The van der Waals surface area contributed by atoms with Crippen LogP contribution in [0.25, 0.3) is 0 Å². The molecular formula is C18H36N2O5. The lowest BCUT2D eigenvalue weighted by Gasteiger charge is -2.04. The van der Waals surface area contributed by atoms with E-state index in [2.05, 4.69) is 19.6 Å². The molecular weight excluding hydrogens is 324 g/mol. The quantitative estimate of drug-likeness (QED) is 0.351. The molecule has 0 aliphatic carbocycles. The first-order valence-corrected chi connectivity index (χ1v) is 9.15. The van der Waals surface area contributed by atoms with Crippen molar-refractivity contribution in [1.82, 2.24) is 0 Å². The Kier molecular flexibility index (Phi) is 17.6. The molecule has 1 amide bonds. The van der Waals surface area contributed by atoms with Crippen molar-refractivity contribution in [3.63, 3.8) is 0 Å². The lowest BCUT2D eigenvalue weighted by Crippen LogP contribution is -2.34. The first-order chi connectivity index (χ1) is 11.7. The van der Waals surface area contributed by atoms with E-state index in [1.165, 1.54) is 44.9 Å². The predicted octanol–water partition coefficient (Wildman–Crippen LogP) is 2.90. The third kappa shape index (κ3) is 24.7. The number of hydrogen-bond donors (Lipinski definition) is 4. The topological polar surface area (TPSA) is 144 Å². The van der Waals surface area contributed by atoms with Crippen molar-refractivity contribution < 1.29 is 24.6 Å². The molecule has 0 heterocycles. The third-order valence-electron chi connectivity index (χ3n) is 3.66. The van der Waals surface area contributed by atoms with Gasteiger partial charge in [0.2, 0.25) is 5.91 Å². The zero-order valence-electron chi connectivity index (χ0n) is 15.7. The molecule has 6 N–H and O–H groups in total. The highest BCUT2D eigenvalue weighted by Crippen LogP contribution is 2.12. The van der Waals surface area contributed by atoms with Gasteiger partial charge >= 0.3 is 11.9 Å². The molecule has 0 bridgehead atoms. The van der Waals surface area contributed by atoms with E-state index in [0.717, 1.165) is 18.8 Å². The largest absolute Gasteiger partial charge is 0.481 e. The normalized spacial score (nSPS) is 11.5. The summed E-state index contributed by atoms with van der Waals surface area (Å²) in [4.78, 5) is 30.2. The maximum absolute atomic E-state index is 10.3. The van der Waals surface area contributed by atoms with Crippen LogP contribution in [-0.4, -0.2) is 34.1 Å². The summed E-state index contributed by atoms with van der Waals surface area (Å²) in [5.74, 6) is -1.73. The molecule has 148 valence electrons. The van der Waals surface area contributed by atoms with Crippen LogP contribution in [0.1, 0.15) is 84.5 Å². The van der Waals surface area contributed by atoms with Gasteiger partial charge in [0.25, 0.3) is 0 Å². The number of carbonyl (C=O) groups excluding carboxylic acids is 1. The van der Waals surface area contributed by atoms with Crippen LogP contribution in [0.5, 0.6) is 0 Å². The fourth-order valence-electron chi connectivity index (χ4n) is 2.19. The van der Waals surface area contributed by atoms with Gasteiger partial charge in [-0.2, -0.15) is 0 Å². The SMILES string of the molecule is CC(C)CCCCCCCCCCC(=O)O.NC(=O)CC(N)C(=O)O. The summed E-state index contributed by atoms with van der Waals surface area (Å²) in [6.45, 7) is 4.56. The molecule has 1 unspecified atom stereocenters. The highest BCUT2D eigenvalue weighted by Gasteiger charge is 2.13. The van der Waals surface area contributed by atoms with Crippen LogP contribution in [0.15, 0.2) is 0 Å². The smallest absolute Gasteiger partial charge is 0.321 e. The molecule has 25 heavy (non-hydrogen) atoms. The summed E-state index contributed by atoms with van der Waals surface area (Å²) in [6.07, 6.45) is 11.2. The van der Waals surface area contributed by atoms with Crippen LogP contribution < -0.4 is 11.5 Å². The molecule has 0 aliphatic heterocycles. The summed E-state index contributed by atoms with van der Waals surface area (Å²) in [5.41, 5.74) is 9.57. The Morgan fingerprint density at radius 2 is 1.28 bits per heavy atom. The van der Waals surface area contributed by atoms with Gasteiger partial charge in [0.15, 0.2) is 0 Å². The number of unbranched alkanes of at least 4 members (excludes halogenated alkanes) is 7. The molecule has 7 nitrogen and oxygen atoms in total. The van der Waals surface area contributed by atoms with Crippen LogP contribution in [0, 0.1) is 5.92 Å². The van der Waals surface area contributed by atoms with Crippen LogP contribution in [0.3, 0.4) is 0 Å². The zero-order valence-corrected chi connectivity index (χ0v) is 15.7. The van der Waals surface area contributed by atoms with Crippen molar-refractivity contribution in [1.29, 1.82) is 0 Å². The van der Waals surface area contributed by atoms with Gasteiger partial charge in [0, 0.05) is 6.42 Å². The first-order valence-electron chi connectivity index (χ1n) is 9.15. The Morgan fingerprint density at radius 3 is 1.60 bits per heavy atom. The van der Waals surface area contributed by atoms with E-state index >= 15 is 0 Å². The Bertz CT molecular complexity index is 372. The van der Waals surface area contributed by atoms with E-state index in [1.807, 2.05) is 0 Å². The molecule has 0 spiro atoms. The second kappa shape index (κ2) is 17.2. The van der Waals surface area contributed by atoms with Gasteiger partial charge in [0.1, 0.15) is 6.04 Å². The highest BCUT2D eigenvalue weighted by molar-refractivity contribution is 5.83. The van der Waals surface area contributed by atoms with Gasteiger partial charge in [0.05, 0.1) is 6.42 Å². The van der Waals surface area contributed by atoms with E-state index in [9.17, 15) is 14.4 Å². The highest BCUT2D eigenvalue weighted by atomic mass is 16.4. The fourth-order valence-corrected chi connectivity index (χ4v) is 2.19. The second-order valence-corrected chi connectivity index (χ2v) is 6.77. The molecule has 0 fully saturated rings. The van der Waals surface area contributed by atoms with Crippen molar-refractivity contribution in [3.05, 3.63) is 0 Å². The number of hydrogen-bond acceptors (Lipinski definition) is 4. The molecule has 0 radical (unpaired) electrons. The van der Waals surface area contributed by atoms with E-state index in [1.54, 1.807) is 0 Å². The van der Waals surface area contributed by atoms with E-state index in [-0.39, 0.29) is 6.42 Å². The first kappa shape index (κ1) is 25.6. The number of rotatable bonds is 14. The molecule has 0 aromatic heterocycles. The maximum atomic E-state index is 10.3. The molecule has 7 heteroatoms. The van der Waals surface area contributed by atoms with Gasteiger partial charge in [-0.1, -0.05) is 65.2 Å². The lowest BCUT2D eigenvalue weighted by atomic mass is 10.0. The summed E-state index contributed by atoms with van der Waals surface area (Å²) < 4.78 is 0. The third-order valence-corrected chi connectivity index (χ3v) is 3.66. The molecule has 0 aromatic carbocycles. The summed E-state index contributed by atoms with van der Waals surface area (Å²) in [6, 6.07) is -1.16. The van der Waals surface area contributed by atoms with E-state index < -0.39 is 23.9 Å². The minimum absolute atomic E-state index is 0.310. The van der Waals surface area contributed by atoms with E-state index in [4.69, 9.17) is 15.9 Å². The number of carboxylic acids is 2. The monoisotopic (exact) mass is 360 g/mol. The lowest BCUT2D eigenvalue weighted by molar-refractivity contribution is -0.140. The van der Waals surface area contributed by atoms with Crippen molar-refractivity contribution in [2.45, 2.75) is 90.5 Å². The number of aliphatic carboxylic acids is 2. The van der Waals surface area contributed by atoms with Gasteiger partial charge in [-0.3, -0.25) is 14.4 Å². The number of primary amides is 1.